The van der Waals surface area contributed by atoms with Crippen LogP contribution in [-0.2, 0) is 5.41 Å². The van der Waals surface area contributed by atoms with Gasteiger partial charge in [0.05, 0.1) is 0 Å². The minimum atomic E-state index is 0.327. The van der Waals surface area contributed by atoms with E-state index < -0.39 is 0 Å². The summed E-state index contributed by atoms with van der Waals surface area (Å²) in [6, 6.07) is 8.84. The second-order valence-electron chi connectivity index (χ2n) is 4.57. The van der Waals surface area contributed by atoms with Crippen LogP contribution in [0.2, 0.25) is 0 Å². The normalized spacial score (nSPS) is 10.0. The average molecular weight is 216 g/mol. The highest BCUT2D eigenvalue weighted by Gasteiger charge is 2.16. The minimum absolute atomic E-state index is 0.327. The van der Waals surface area contributed by atoms with Gasteiger partial charge in [-0.25, -0.2) is 0 Å². The largest absolute Gasteiger partial charge is 0.0991 e. The zero-order chi connectivity index (χ0) is 12.6. The first-order valence-electron chi connectivity index (χ1n) is 5.78. The molecule has 0 aromatic heterocycles. The molecule has 0 radical (unpaired) electrons. The Labute approximate surface area is 101 Å². The van der Waals surface area contributed by atoms with Crippen LogP contribution < -0.4 is 0 Å². The number of benzene rings is 1. The average Bonchev–Trinajstić information content (AvgIpc) is 2.30. The predicted octanol–water partition coefficient (Wildman–Crippen LogP) is 5.04. The summed E-state index contributed by atoms with van der Waals surface area (Å²) in [4.78, 5) is 0. The van der Waals surface area contributed by atoms with Gasteiger partial charge in [-0.05, 0) is 24.3 Å². The van der Waals surface area contributed by atoms with E-state index in [4.69, 9.17) is 0 Å². The zero-order valence-electron chi connectivity index (χ0n) is 11.1. The molecule has 0 heteroatoms. The molecule has 0 unspecified atom stereocenters. The summed E-state index contributed by atoms with van der Waals surface area (Å²) in [5, 5.41) is 0. The van der Waals surface area contributed by atoms with Crippen molar-refractivity contribution in [2.45, 2.75) is 39.5 Å². The summed E-state index contributed by atoms with van der Waals surface area (Å²) in [5.74, 6) is 0. The van der Waals surface area contributed by atoms with Crippen molar-refractivity contribution in [2.24, 2.45) is 0 Å². The SMILES string of the molecule is C=CC=C.CCC(C)(C)c1ccc(C)cc1. The Bertz CT molecular complexity index is 308. The van der Waals surface area contributed by atoms with E-state index >= 15 is 0 Å². The quantitative estimate of drug-likeness (QED) is 0.621. The highest BCUT2D eigenvalue weighted by Crippen LogP contribution is 2.26. The molecule has 1 aromatic carbocycles. The minimum Gasteiger partial charge on any atom is -0.0991 e. The lowest BCUT2D eigenvalue weighted by Crippen LogP contribution is -2.14. The molecule has 0 saturated heterocycles. The van der Waals surface area contributed by atoms with E-state index in [9.17, 15) is 0 Å². The van der Waals surface area contributed by atoms with Gasteiger partial charge in [0.1, 0.15) is 0 Å². The van der Waals surface area contributed by atoms with Gasteiger partial charge in [0.25, 0.3) is 0 Å². The smallest absolute Gasteiger partial charge is 0.0106 e. The first-order chi connectivity index (χ1) is 7.47. The summed E-state index contributed by atoms with van der Waals surface area (Å²) < 4.78 is 0. The van der Waals surface area contributed by atoms with Crippen molar-refractivity contribution in [3.05, 3.63) is 60.7 Å². The maximum Gasteiger partial charge on any atom is -0.0106 e. The molecule has 0 heterocycles. The number of hydrogen-bond acceptors (Lipinski definition) is 0. The van der Waals surface area contributed by atoms with Crippen molar-refractivity contribution in [1.29, 1.82) is 0 Å². The van der Waals surface area contributed by atoms with Crippen LogP contribution in [0, 0.1) is 6.92 Å². The molecule has 1 rings (SSSR count). The zero-order valence-corrected chi connectivity index (χ0v) is 11.1. The van der Waals surface area contributed by atoms with Crippen LogP contribution in [0.1, 0.15) is 38.3 Å². The van der Waals surface area contributed by atoms with Gasteiger partial charge in [-0.1, -0.05) is 75.9 Å². The summed E-state index contributed by atoms with van der Waals surface area (Å²) in [6.45, 7) is 15.7. The predicted molar refractivity (Wildman–Crippen MR) is 74.9 cm³/mol. The number of allylic oxidation sites excluding steroid dienone is 2. The summed E-state index contributed by atoms with van der Waals surface area (Å²) in [7, 11) is 0. The molecule has 88 valence electrons. The Morgan fingerprint density at radius 2 is 1.50 bits per heavy atom. The second kappa shape index (κ2) is 7.05. The fraction of sp³-hybridized carbons (Fsp3) is 0.375. The third kappa shape index (κ3) is 4.97. The van der Waals surface area contributed by atoms with Crippen molar-refractivity contribution in [2.75, 3.05) is 0 Å². The molecular formula is C16H24. The van der Waals surface area contributed by atoms with Crippen LogP contribution in [0.3, 0.4) is 0 Å². The molecule has 0 atom stereocenters. The molecule has 0 nitrogen and oxygen atoms in total. The second-order valence-corrected chi connectivity index (χ2v) is 4.57. The highest BCUT2D eigenvalue weighted by molar-refractivity contribution is 5.27. The number of rotatable bonds is 3. The molecule has 0 aliphatic heterocycles. The molecule has 0 fully saturated rings. The van der Waals surface area contributed by atoms with Crippen molar-refractivity contribution in [1.82, 2.24) is 0 Å². The molecule has 0 aliphatic carbocycles. The van der Waals surface area contributed by atoms with E-state index in [1.165, 1.54) is 17.5 Å². The van der Waals surface area contributed by atoms with Crippen LogP contribution in [0.15, 0.2) is 49.6 Å². The molecule has 16 heavy (non-hydrogen) atoms. The van der Waals surface area contributed by atoms with Crippen molar-refractivity contribution < 1.29 is 0 Å². The van der Waals surface area contributed by atoms with E-state index in [1.54, 1.807) is 12.2 Å². The van der Waals surface area contributed by atoms with Gasteiger partial charge in [-0.2, -0.15) is 0 Å². The molecule has 0 amide bonds. The lowest BCUT2D eigenvalue weighted by molar-refractivity contribution is 0.506. The van der Waals surface area contributed by atoms with Crippen LogP contribution in [0.25, 0.3) is 0 Å². The molecule has 0 bridgehead atoms. The molecule has 0 saturated carbocycles. The Hall–Kier alpha value is -1.30. The molecule has 0 N–H and O–H groups in total. The van der Waals surface area contributed by atoms with E-state index in [2.05, 4.69) is 65.1 Å². The van der Waals surface area contributed by atoms with Crippen molar-refractivity contribution >= 4 is 0 Å². The number of hydrogen-bond donors (Lipinski definition) is 0. The van der Waals surface area contributed by atoms with Crippen molar-refractivity contribution in [3.63, 3.8) is 0 Å². The van der Waals surface area contributed by atoms with Gasteiger partial charge in [0.2, 0.25) is 0 Å². The Morgan fingerprint density at radius 3 is 1.81 bits per heavy atom. The monoisotopic (exact) mass is 216 g/mol. The van der Waals surface area contributed by atoms with E-state index in [-0.39, 0.29) is 0 Å². The first-order valence-corrected chi connectivity index (χ1v) is 5.78. The summed E-state index contributed by atoms with van der Waals surface area (Å²) in [6.07, 6.45) is 4.47. The van der Waals surface area contributed by atoms with E-state index in [0.717, 1.165) is 0 Å². The Morgan fingerprint density at radius 1 is 1.06 bits per heavy atom. The van der Waals surface area contributed by atoms with Gasteiger partial charge in [0, 0.05) is 0 Å². The van der Waals surface area contributed by atoms with Crippen LogP contribution in [-0.4, -0.2) is 0 Å². The standard InChI is InChI=1S/C12H18.C4H6/c1-5-12(3,4)11-8-6-10(2)7-9-11;1-3-4-2/h6-9H,5H2,1-4H3;3-4H,1-2H2. The molecule has 0 aliphatic rings. The Kier molecular flexibility index (Phi) is 6.48. The topological polar surface area (TPSA) is 0 Å². The fourth-order valence-electron chi connectivity index (χ4n) is 1.21. The van der Waals surface area contributed by atoms with Gasteiger partial charge in [0.15, 0.2) is 0 Å². The third-order valence-electron chi connectivity index (χ3n) is 2.88. The third-order valence-corrected chi connectivity index (χ3v) is 2.88. The summed E-state index contributed by atoms with van der Waals surface area (Å²) >= 11 is 0. The van der Waals surface area contributed by atoms with Crippen LogP contribution in [0.5, 0.6) is 0 Å². The first kappa shape index (κ1) is 14.7. The van der Waals surface area contributed by atoms with Crippen LogP contribution in [0.4, 0.5) is 0 Å². The van der Waals surface area contributed by atoms with Gasteiger partial charge in [-0.3, -0.25) is 0 Å². The van der Waals surface area contributed by atoms with Crippen molar-refractivity contribution in [3.8, 4) is 0 Å². The fourth-order valence-corrected chi connectivity index (χ4v) is 1.21. The maximum atomic E-state index is 3.36. The van der Waals surface area contributed by atoms with Gasteiger partial charge >= 0.3 is 0 Å². The van der Waals surface area contributed by atoms with E-state index in [0.29, 0.717) is 5.41 Å². The van der Waals surface area contributed by atoms with Gasteiger partial charge in [-0.15, -0.1) is 0 Å². The lowest BCUT2D eigenvalue weighted by atomic mass is 9.82. The Balaban J connectivity index is 0.000000487. The van der Waals surface area contributed by atoms with Crippen LogP contribution >= 0.6 is 0 Å². The lowest BCUT2D eigenvalue weighted by Gasteiger charge is -2.23. The number of aryl methyl sites for hydroxylation is 1. The van der Waals surface area contributed by atoms with Gasteiger partial charge < -0.3 is 0 Å². The maximum absolute atomic E-state index is 3.36. The molecule has 0 spiro atoms. The summed E-state index contributed by atoms with van der Waals surface area (Å²) in [5.41, 5.74) is 3.11. The highest BCUT2D eigenvalue weighted by atomic mass is 14.2. The molecule has 1 aromatic rings. The molecular weight excluding hydrogens is 192 g/mol. The van der Waals surface area contributed by atoms with E-state index in [1.807, 2.05) is 0 Å².